The Morgan fingerprint density at radius 2 is 1.81 bits per heavy atom. The van der Waals surface area contributed by atoms with Crippen molar-refractivity contribution in [3.63, 3.8) is 0 Å². The van der Waals surface area contributed by atoms with Crippen molar-refractivity contribution in [3.05, 3.63) is 29.8 Å². The molecule has 1 unspecified atom stereocenters. The number of alkyl halides is 2. The molecular weight excluding hydrogens is 280 g/mol. The summed E-state index contributed by atoms with van der Waals surface area (Å²) in [7, 11) is 0. The number of carbonyl (C=O) groups excluding carboxylic acids is 1. The van der Waals surface area contributed by atoms with Crippen molar-refractivity contribution in [2.45, 2.75) is 39.4 Å². The van der Waals surface area contributed by atoms with Gasteiger partial charge >= 0.3 is 6.61 Å². The summed E-state index contributed by atoms with van der Waals surface area (Å²) in [6, 6.07) is 5.41. The maximum Gasteiger partial charge on any atom is 0.387 e. The van der Waals surface area contributed by atoms with E-state index in [1.54, 1.807) is 0 Å². The molecule has 1 atom stereocenters. The Bertz CT molecular complexity index is 433. The molecule has 0 heterocycles. The molecule has 0 saturated carbocycles. The van der Waals surface area contributed by atoms with Crippen LogP contribution >= 0.6 is 0 Å². The predicted octanol–water partition coefficient (Wildman–Crippen LogP) is 2.81. The van der Waals surface area contributed by atoms with Crippen molar-refractivity contribution in [1.82, 2.24) is 5.32 Å². The third-order valence-corrected chi connectivity index (χ3v) is 3.41. The van der Waals surface area contributed by atoms with E-state index in [4.69, 9.17) is 0 Å². The van der Waals surface area contributed by atoms with Gasteiger partial charge in [0.1, 0.15) is 5.75 Å². The van der Waals surface area contributed by atoms with E-state index in [1.165, 1.54) is 24.3 Å². The molecule has 2 N–H and O–H groups in total. The number of benzene rings is 1. The van der Waals surface area contributed by atoms with Crippen molar-refractivity contribution < 1.29 is 23.4 Å². The Morgan fingerprint density at radius 1 is 1.24 bits per heavy atom. The number of amides is 1. The van der Waals surface area contributed by atoms with E-state index >= 15 is 0 Å². The number of ether oxygens (including phenoxy) is 1. The summed E-state index contributed by atoms with van der Waals surface area (Å²) in [5.74, 6) is -0.214. The fraction of sp³-hybridized carbons (Fsp3) is 0.533. The first-order valence-electron chi connectivity index (χ1n) is 6.99. The fourth-order valence-corrected chi connectivity index (χ4v) is 2.09. The molecule has 0 aliphatic carbocycles. The van der Waals surface area contributed by atoms with Gasteiger partial charge < -0.3 is 15.2 Å². The van der Waals surface area contributed by atoms with Crippen molar-refractivity contribution in [3.8, 4) is 5.75 Å². The highest BCUT2D eigenvalue weighted by molar-refractivity contribution is 5.94. The number of carbonyl (C=O) groups is 1. The summed E-state index contributed by atoms with van der Waals surface area (Å²) >= 11 is 0. The summed E-state index contributed by atoms with van der Waals surface area (Å²) in [6.07, 6.45) is 1.09. The number of halogens is 2. The second-order valence-corrected chi connectivity index (χ2v) is 4.76. The minimum atomic E-state index is -2.89. The fourth-order valence-electron chi connectivity index (χ4n) is 2.09. The molecule has 4 nitrogen and oxygen atoms in total. The number of aliphatic hydroxyl groups is 1. The van der Waals surface area contributed by atoms with Crippen LogP contribution in [-0.2, 0) is 0 Å². The lowest BCUT2D eigenvalue weighted by Crippen LogP contribution is -2.36. The van der Waals surface area contributed by atoms with E-state index in [0.717, 1.165) is 12.8 Å². The average Bonchev–Trinajstić information content (AvgIpc) is 2.46. The molecule has 6 heteroatoms. The van der Waals surface area contributed by atoms with Crippen LogP contribution in [0.1, 0.15) is 37.0 Å². The van der Waals surface area contributed by atoms with Gasteiger partial charge in [-0.15, -0.1) is 0 Å². The van der Waals surface area contributed by atoms with Gasteiger partial charge in [-0.05, 0) is 30.2 Å². The van der Waals surface area contributed by atoms with Crippen molar-refractivity contribution in [1.29, 1.82) is 0 Å². The molecule has 0 aliphatic heterocycles. The first-order valence-corrected chi connectivity index (χ1v) is 6.99. The summed E-state index contributed by atoms with van der Waals surface area (Å²) in [6.45, 7) is 1.25. The monoisotopic (exact) mass is 301 g/mol. The van der Waals surface area contributed by atoms with Gasteiger partial charge in [-0.1, -0.05) is 26.7 Å². The zero-order valence-electron chi connectivity index (χ0n) is 12.2. The van der Waals surface area contributed by atoms with Gasteiger partial charge in [0.05, 0.1) is 6.10 Å². The number of nitrogens with one attached hydrogen (secondary N) is 1. The number of aliphatic hydroxyl groups excluding tert-OH is 1. The molecule has 0 fully saturated rings. The first-order chi connectivity index (χ1) is 9.97. The summed E-state index contributed by atoms with van der Waals surface area (Å²) in [4.78, 5) is 11.9. The van der Waals surface area contributed by atoms with E-state index in [1.807, 2.05) is 13.8 Å². The highest BCUT2D eigenvalue weighted by atomic mass is 19.3. The Balaban J connectivity index is 2.52. The first kappa shape index (κ1) is 17.4. The predicted molar refractivity (Wildman–Crippen MR) is 75.5 cm³/mol. The van der Waals surface area contributed by atoms with Gasteiger partial charge in [0.2, 0.25) is 0 Å². The quantitative estimate of drug-likeness (QED) is 0.776. The second kappa shape index (κ2) is 8.56. The topological polar surface area (TPSA) is 58.6 Å². The molecule has 1 rings (SSSR count). The third kappa shape index (κ3) is 5.67. The largest absolute Gasteiger partial charge is 0.435 e. The van der Waals surface area contributed by atoms with Gasteiger partial charge in [0.15, 0.2) is 0 Å². The van der Waals surface area contributed by atoms with Gasteiger partial charge in [0.25, 0.3) is 5.91 Å². The van der Waals surface area contributed by atoms with Crippen LogP contribution in [0.5, 0.6) is 5.75 Å². The zero-order chi connectivity index (χ0) is 15.8. The van der Waals surface area contributed by atoms with Crippen LogP contribution in [0.3, 0.4) is 0 Å². The molecule has 0 aliphatic rings. The smallest absolute Gasteiger partial charge is 0.387 e. The molecule has 0 spiro atoms. The molecule has 0 aromatic heterocycles. The van der Waals surface area contributed by atoms with E-state index in [-0.39, 0.29) is 24.1 Å². The Hall–Kier alpha value is -1.69. The molecule has 1 aromatic rings. The normalized spacial score (nSPS) is 12.5. The van der Waals surface area contributed by atoms with Crippen LogP contribution in [0.4, 0.5) is 8.78 Å². The van der Waals surface area contributed by atoms with Crippen LogP contribution in [0.25, 0.3) is 0 Å². The Labute approximate surface area is 123 Å². The standard InChI is InChI=1S/C15H21F2NO3/c1-3-10(4-2)13(19)9-18-14(20)11-5-7-12(8-6-11)21-15(16)17/h5-8,10,13,15,19H,3-4,9H2,1-2H3,(H,18,20). The zero-order valence-corrected chi connectivity index (χ0v) is 12.2. The minimum Gasteiger partial charge on any atom is -0.435 e. The number of hydrogen-bond acceptors (Lipinski definition) is 3. The van der Waals surface area contributed by atoms with Gasteiger partial charge in [-0.2, -0.15) is 8.78 Å². The molecule has 0 bridgehead atoms. The highest BCUT2D eigenvalue weighted by Crippen LogP contribution is 2.15. The lowest BCUT2D eigenvalue weighted by molar-refractivity contribution is -0.0498. The molecule has 0 saturated heterocycles. The van der Waals surface area contributed by atoms with E-state index in [2.05, 4.69) is 10.1 Å². The van der Waals surface area contributed by atoms with Crippen LogP contribution in [0, 0.1) is 5.92 Å². The summed E-state index contributed by atoms with van der Waals surface area (Å²) in [5, 5.41) is 12.6. The SMILES string of the molecule is CCC(CC)C(O)CNC(=O)c1ccc(OC(F)F)cc1. The van der Waals surface area contributed by atoms with Crippen LogP contribution in [0.2, 0.25) is 0 Å². The van der Waals surface area contributed by atoms with E-state index in [9.17, 15) is 18.7 Å². The maximum absolute atomic E-state index is 12.0. The molecule has 21 heavy (non-hydrogen) atoms. The molecule has 118 valence electrons. The average molecular weight is 301 g/mol. The summed E-state index contributed by atoms with van der Waals surface area (Å²) in [5.41, 5.74) is 0.327. The number of rotatable bonds is 8. The van der Waals surface area contributed by atoms with Crippen molar-refractivity contribution >= 4 is 5.91 Å². The van der Waals surface area contributed by atoms with Crippen LogP contribution in [0.15, 0.2) is 24.3 Å². The third-order valence-electron chi connectivity index (χ3n) is 3.41. The highest BCUT2D eigenvalue weighted by Gasteiger charge is 2.16. The minimum absolute atomic E-state index is 0.00128. The lowest BCUT2D eigenvalue weighted by atomic mass is 9.96. The molecule has 1 aromatic carbocycles. The van der Waals surface area contributed by atoms with Gasteiger partial charge in [0, 0.05) is 12.1 Å². The van der Waals surface area contributed by atoms with Crippen molar-refractivity contribution in [2.24, 2.45) is 5.92 Å². The molecule has 0 radical (unpaired) electrons. The van der Waals surface area contributed by atoms with Gasteiger partial charge in [-0.3, -0.25) is 4.79 Å². The Morgan fingerprint density at radius 3 is 2.29 bits per heavy atom. The number of hydrogen-bond donors (Lipinski definition) is 2. The van der Waals surface area contributed by atoms with Gasteiger partial charge in [-0.25, -0.2) is 0 Å². The Kier molecular flexibility index (Phi) is 7.08. The van der Waals surface area contributed by atoms with Crippen LogP contribution < -0.4 is 10.1 Å². The molecular formula is C15H21F2NO3. The molecule has 1 amide bonds. The van der Waals surface area contributed by atoms with Crippen LogP contribution in [-0.4, -0.2) is 30.3 Å². The van der Waals surface area contributed by atoms with E-state index < -0.39 is 12.7 Å². The summed E-state index contributed by atoms with van der Waals surface area (Å²) < 4.78 is 28.2. The lowest BCUT2D eigenvalue weighted by Gasteiger charge is -2.20. The van der Waals surface area contributed by atoms with E-state index in [0.29, 0.717) is 5.56 Å². The maximum atomic E-state index is 12.0. The van der Waals surface area contributed by atoms with Crippen molar-refractivity contribution in [2.75, 3.05) is 6.54 Å². The second-order valence-electron chi connectivity index (χ2n) is 4.76.